The number of carbonyl (C=O) groups is 1. The van der Waals surface area contributed by atoms with Crippen molar-refractivity contribution < 1.29 is 9.53 Å². The molecule has 4 atom stereocenters. The minimum absolute atomic E-state index is 0.111. The van der Waals surface area contributed by atoms with Crippen LogP contribution in [-0.2, 0) is 9.53 Å². The smallest absolute Gasteiger partial charge is 0.323 e. The van der Waals surface area contributed by atoms with Gasteiger partial charge in [0.15, 0.2) is 0 Å². The lowest BCUT2D eigenvalue weighted by Gasteiger charge is -2.35. The molecule has 1 aromatic carbocycles. The molecule has 19 heavy (non-hydrogen) atoms. The molecular formula is C16H19NO2. The van der Waals surface area contributed by atoms with Gasteiger partial charge in [-0.3, -0.25) is 9.69 Å². The molecule has 1 saturated heterocycles. The molecule has 3 nitrogen and oxygen atoms in total. The first-order valence-electron chi connectivity index (χ1n) is 6.81. The van der Waals surface area contributed by atoms with Gasteiger partial charge in [0.25, 0.3) is 0 Å². The van der Waals surface area contributed by atoms with Gasteiger partial charge in [-0.15, -0.1) is 0 Å². The zero-order valence-corrected chi connectivity index (χ0v) is 11.3. The average Bonchev–Trinajstić information content (AvgIpc) is 3.07. The lowest BCUT2D eigenvalue weighted by atomic mass is 9.99. The molecule has 0 spiro atoms. The molecule has 1 aromatic rings. The van der Waals surface area contributed by atoms with Gasteiger partial charge in [-0.05, 0) is 18.9 Å². The maximum Gasteiger partial charge on any atom is 0.323 e. The fraction of sp³-hybridized carbons (Fsp3) is 0.438. The Morgan fingerprint density at radius 3 is 2.74 bits per heavy atom. The highest BCUT2D eigenvalue weighted by atomic mass is 16.5. The van der Waals surface area contributed by atoms with E-state index in [4.69, 9.17) is 4.74 Å². The molecule has 0 N–H and O–H groups in total. The van der Waals surface area contributed by atoms with Crippen LogP contribution in [0.4, 0.5) is 0 Å². The summed E-state index contributed by atoms with van der Waals surface area (Å²) in [5.41, 5.74) is 1.25. The normalized spacial score (nSPS) is 30.5. The van der Waals surface area contributed by atoms with Crippen molar-refractivity contribution in [3.63, 3.8) is 0 Å². The number of benzene rings is 1. The summed E-state index contributed by atoms with van der Waals surface area (Å²) in [5, 5.41) is 0. The lowest BCUT2D eigenvalue weighted by molar-refractivity contribution is -0.148. The topological polar surface area (TPSA) is 29.5 Å². The summed E-state index contributed by atoms with van der Waals surface area (Å²) in [6.45, 7) is 2.17. The molecule has 1 fully saturated rings. The molecular weight excluding hydrogens is 238 g/mol. The van der Waals surface area contributed by atoms with E-state index in [0.717, 1.165) is 6.42 Å². The fourth-order valence-electron chi connectivity index (χ4n) is 3.44. The van der Waals surface area contributed by atoms with Crippen molar-refractivity contribution >= 4 is 5.97 Å². The van der Waals surface area contributed by atoms with E-state index < -0.39 is 0 Å². The van der Waals surface area contributed by atoms with E-state index in [9.17, 15) is 4.79 Å². The Labute approximate surface area is 113 Å². The first kappa shape index (κ1) is 12.4. The second-order valence-electron chi connectivity index (χ2n) is 5.35. The molecule has 3 heteroatoms. The third-order valence-electron chi connectivity index (χ3n) is 4.38. The van der Waals surface area contributed by atoms with Crippen LogP contribution in [0.15, 0.2) is 42.5 Å². The molecule has 1 aliphatic carbocycles. The summed E-state index contributed by atoms with van der Waals surface area (Å²) in [7, 11) is 1.48. The lowest BCUT2D eigenvalue weighted by Crippen LogP contribution is -2.45. The van der Waals surface area contributed by atoms with Crippen molar-refractivity contribution in [2.45, 2.75) is 31.5 Å². The van der Waals surface area contributed by atoms with Crippen LogP contribution in [0.3, 0.4) is 0 Å². The van der Waals surface area contributed by atoms with E-state index in [-0.39, 0.29) is 18.1 Å². The van der Waals surface area contributed by atoms with Crippen LogP contribution in [0, 0.1) is 5.92 Å². The van der Waals surface area contributed by atoms with E-state index in [1.165, 1.54) is 12.7 Å². The van der Waals surface area contributed by atoms with Crippen molar-refractivity contribution in [3.05, 3.63) is 48.0 Å². The summed E-state index contributed by atoms with van der Waals surface area (Å²) >= 11 is 0. The highest BCUT2D eigenvalue weighted by Crippen LogP contribution is 2.42. The van der Waals surface area contributed by atoms with Crippen molar-refractivity contribution in [1.82, 2.24) is 4.90 Å². The van der Waals surface area contributed by atoms with Gasteiger partial charge in [-0.25, -0.2) is 0 Å². The summed E-state index contributed by atoms with van der Waals surface area (Å²) in [6, 6.07) is 10.8. The Bertz CT molecular complexity index is 497. The molecule has 2 aliphatic rings. The number of hydrogen-bond donors (Lipinski definition) is 0. The third-order valence-corrected chi connectivity index (χ3v) is 4.38. The molecule has 2 bridgehead atoms. The number of carbonyl (C=O) groups excluding carboxylic acids is 1. The predicted octanol–water partition coefficient (Wildman–Crippen LogP) is 2.55. The van der Waals surface area contributed by atoms with Crippen LogP contribution in [0.5, 0.6) is 0 Å². The van der Waals surface area contributed by atoms with Gasteiger partial charge in [0.05, 0.1) is 7.11 Å². The molecule has 100 valence electrons. The number of esters is 1. The molecule has 0 radical (unpaired) electrons. The Kier molecular flexibility index (Phi) is 3.15. The number of fused-ring (bicyclic) bond motifs is 2. The zero-order valence-electron chi connectivity index (χ0n) is 11.3. The van der Waals surface area contributed by atoms with Gasteiger partial charge in [0, 0.05) is 18.0 Å². The second kappa shape index (κ2) is 4.82. The SMILES string of the molecule is COC(=O)[C@H]1[C@@H]2C=CC(C2)N1[C@@H](C)c1ccccc1. The molecule has 1 aliphatic heterocycles. The molecule has 0 amide bonds. The number of nitrogens with zero attached hydrogens (tertiary/aromatic N) is 1. The maximum atomic E-state index is 12.1. The summed E-state index contributed by atoms with van der Waals surface area (Å²) in [6.07, 6.45) is 5.43. The number of hydrogen-bond acceptors (Lipinski definition) is 3. The van der Waals surface area contributed by atoms with Gasteiger partial charge in [-0.2, -0.15) is 0 Å². The maximum absolute atomic E-state index is 12.1. The highest BCUT2D eigenvalue weighted by molar-refractivity contribution is 5.77. The minimum atomic E-state index is -0.129. The fourth-order valence-corrected chi connectivity index (χ4v) is 3.44. The third kappa shape index (κ3) is 1.98. The summed E-state index contributed by atoms with van der Waals surface area (Å²) < 4.78 is 4.99. The van der Waals surface area contributed by atoms with E-state index in [1.807, 2.05) is 18.2 Å². The first-order chi connectivity index (χ1) is 9.22. The van der Waals surface area contributed by atoms with Gasteiger partial charge in [0.1, 0.15) is 6.04 Å². The number of rotatable bonds is 3. The minimum Gasteiger partial charge on any atom is -0.468 e. The molecule has 3 rings (SSSR count). The second-order valence-corrected chi connectivity index (χ2v) is 5.35. The molecule has 0 aromatic heterocycles. The standard InChI is InChI=1S/C16H19NO2/c1-11(12-6-4-3-5-7-12)17-14-9-8-13(10-14)15(17)16(18)19-2/h3-9,11,13-15H,10H2,1-2H3/t11-,13+,14?,15+/m0/s1. The quantitative estimate of drug-likeness (QED) is 0.615. The largest absolute Gasteiger partial charge is 0.468 e. The predicted molar refractivity (Wildman–Crippen MR) is 73.5 cm³/mol. The van der Waals surface area contributed by atoms with E-state index in [1.54, 1.807) is 0 Å². The van der Waals surface area contributed by atoms with Crippen molar-refractivity contribution in [3.8, 4) is 0 Å². The Balaban J connectivity index is 1.90. The van der Waals surface area contributed by atoms with Crippen molar-refractivity contribution in [2.75, 3.05) is 7.11 Å². The van der Waals surface area contributed by atoms with Gasteiger partial charge >= 0.3 is 5.97 Å². The Morgan fingerprint density at radius 2 is 2.05 bits per heavy atom. The van der Waals surface area contributed by atoms with Gasteiger partial charge < -0.3 is 4.74 Å². The van der Waals surface area contributed by atoms with Crippen LogP contribution in [-0.4, -0.2) is 30.1 Å². The van der Waals surface area contributed by atoms with Gasteiger partial charge in [0.2, 0.25) is 0 Å². The number of methoxy groups -OCH3 is 1. The average molecular weight is 257 g/mol. The molecule has 1 unspecified atom stereocenters. The summed E-state index contributed by atoms with van der Waals surface area (Å²) in [4.78, 5) is 14.3. The van der Waals surface area contributed by atoms with E-state index in [0.29, 0.717) is 12.0 Å². The molecule has 1 heterocycles. The van der Waals surface area contributed by atoms with Crippen LogP contribution in [0.2, 0.25) is 0 Å². The number of ether oxygens (including phenoxy) is 1. The van der Waals surface area contributed by atoms with Crippen LogP contribution >= 0.6 is 0 Å². The van der Waals surface area contributed by atoms with Gasteiger partial charge in [-0.1, -0.05) is 42.5 Å². The number of likely N-dealkylation sites (tertiary alicyclic amines) is 1. The van der Waals surface area contributed by atoms with Crippen molar-refractivity contribution in [2.24, 2.45) is 5.92 Å². The van der Waals surface area contributed by atoms with E-state index in [2.05, 4.69) is 36.1 Å². The zero-order chi connectivity index (χ0) is 13.4. The Hall–Kier alpha value is -1.61. The highest BCUT2D eigenvalue weighted by Gasteiger charge is 2.48. The monoisotopic (exact) mass is 257 g/mol. The van der Waals surface area contributed by atoms with E-state index >= 15 is 0 Å². The van der Waals surface area contributed by atoms with Crippen LogP contribution < -0.4 is 0 Å². The Morgan fingerprint density at radius 1 is 1.32 bits per heavy atom. The molecule has 0 saturated carbocycles. The summed E-state index contributed by atoms with van der Waals surface area (Å²) in [5.74, 6) is 0.197. The van der Waals surface area contributed by atoms with Crippen LogP contribution in [0.1, 0.15) is 24.9 Å². The van der Waals surface area contributed by atoms with Crippen LogP contribution in [0.25, 0.3) is 0 Å². The van der Waals surface area contributed by atoms with Crippen molar-refractivity contribution in [1.29, 1.82) is 0 Å². The first-order valence-corrected chi connectivity index (χ1v) is 6.81.